The molecule has 0 spiro atoms. The number of likely N-dealkylation sites (N-methyl/N-ethyl adjacent to an activating group) is 2. The molecule has 0 aliphatic rings. The first-order chi connectivity index (χ1) is 6.40. The number of aliphatic carboxylic acids is 1. The summed E-state index contributed by atoms with van der Waals surface area (Å²) in [4.78, 5) is 25.0. The molecule has 0 saturated heterocycles. The van der Waals surface area contributed by atoms with Crippen molar-refractivity contribution in [1.29, 1.82) is 0 Å². The molecule has 0 radical (unpaired) electrons. The maximum absolute atomic E-state index is 11.3. The van der Waals surface area contributed by atoms with Crippen LogP contribution in [0.3, 0.4) is 0 Å². The maximum atomic E-state index is 11.3. The first-order valence-electron chi connectivity index (χ1n) is 4.53. The molecule has 0 saturated carbocycles. The van der Waals surface area contributed by atoms with Crippen LogP contribution in [0, 0.1) is 0 Å². The predicted octanol–water partition coefficient (Wildman–Crippen LogP) is -0.130. The molecule has 0 aliphatic heterocycles. The van der Waals surface area contributed by atoms with E-state index in [1.54, 1.807) is 33.0 Å². The van der Waals surface area contributed by atoms with E-state index in [0.29, 0.717) is 6.42 Å². The van der Waals surface area contributed by atoms with Gasteiger partial charge in [0.1, 0.15) is 6.04 Å². The zero-order valence-electron chi connectivity index (χ0n) is 9.15. The second-order valence-electron chi connectivity index (χ2n) is 3.47. The molecule has 0 fully saturated rings. The Bertz CT molecular complexity index is 216. The van der Waals surface area contributed by atoms with Crippen LogP contribution in [0.25, 0.3) is 0 Å². The van der Waals surface area contributed by atoms with Gasteiger partial charge < -0.3 is 10.0 Å². The largest absolute Gasteiger partial charge is 0.480 e. The molecule has 1 unspecified atom stereocenters. The highest BCUT2D eigenvalue weighted by molar-refractivity contribution is 5.79. The summed E-state index contributed by atoms with van der Waals surface area (Å²) < 4.78 is 0. The van der Waals surface area contributed by atoms with Gasteiger partial charge in [-0.25, -0.2) is 0 Å². The Hall–Kier alpha value is -1.10. The van der Waals surface area contributed by atoms with E-state index in [-0.39, 0.29) is 12.5 Å². The van der Waals surface area contributed by atoms with Crippen LogP contribution >= 0.6 is 0 Å². The smallest absolute Gasteiger partial charge is 0.320 e. The van der Waals surface area contributed by atoms with Crippen molar-refractivity contribution in [2.75, 3.05) is 27.7 Å². The SMILES string of the molecule is CCC(C(=O)O)N(C)CC(=O)N(C)C. The van der Waals surface area contributed by atoms with Crippen LogP contribution in [0.1, 0.15) is 13.3 Å². The summed E-state index contributed by atoms with van der Waals surface area (Å²) >= 11 is 0. The van der Waals surface area contributed by atoms with Crippen LogP contribution in [0.2, 0.25) is 0 Å². The Morgan fingerprint density at radius 2 is 1.79 bits per heavy atom. The third-order valence-electron chi connectivity index (χ3n) is 2.09. The van der Waals surface area contributed by atoms with Crippen LogP contribution < -0.4 is 0 Å². The topological polar surface area (TPSA) is 60.9 Å². The van der Waals surface area contributed by atoms with E-state index < -0.39 is 12.0 Å². The van der Waals surface area contributed by atoms with Crippen LogP contribution in [0.4, 0.5) is 0 Å². The summed E-state index contributed by atoms with van der Waals surface area (Å²) in [7, 11) is 4.94. The molecular formula is C9H18N2O3. The number of amides is 1. The summed E-state index contributed by atoms with van der Waals surface area (Å²) in [6, 6.07) is -0.584. The summed E-state index contributed by atoms with van der Waals surface area (Å²) in [5, 5.41) is 8.83. The van der Waals surface area contributed by atoms with Crippen LogP contribution in [-0.4, -0.2) is 60.5 Å². The quantitative estimate of drug-likeness (QED) is 0.674. The number of nitrogens with zero attached hydrogens (tertiary/aromatic N) is 2. The Morgan fingerprint density at radius 1 is 1.29 bits per heavy atom. The Morgan fingerprint density at radius 3 is 2.07 bits per heavy atom. The second-order valence-corrected chi connectivity index (χ2v) is 3.47. The van der Waals surface area contributed by atoms with E-state index in [0.717, 1.165) is 0 Å². The van der Waals surface area contributed by atoms with Gasteiger partial charge in [0.2, 0.25) is 5.91 Å². The molecule has 1 amide bonds. The molecule has 5 nitrogen and oxygen atoms in total. The standard InChI is InChI=1S/C9H18N2O3/c1-5-7(9(13)14)11(4)6-8(12)10(2)3/h7H,5-6H2,1-4H3,(H,13,14). The Kier molecular flexibility index (Phi) is 5.15. The number of hydrogen-bond donors (Lipinski definition) is 1. The minimum Gasteiger partial charge on any atom is -0.480 e. The molecule has 0 rings (SSSR count). The van der Waals surface area contributed by atoms with Crippen LogP contribution in [0.5, 0.6) is 0 Å². The van der Waals surface area contributed by atoms with E-state index in [1.807, 2.05) is 0 Å². The molecule has 0 aliphatic carbocycles. The van der Waals surface area contributed by atoms with Gasteiger partial charge in [0, 0.05) is 14.1 Å². The van der Waals surface area contributed by atoms with Crippen molar-refractivity contribution in [2.45, 2.75) is 19.4 Å². The fourth-order valence-corrected chi connectivity index (χ4v) is 1.14. The summed E-state index contributed by atoms with van der Waals surface area (Å²) in [5.41, 5.74) is 0. The lowest BCUT2D eigenvalue weighted by Crippen LogP contribution is -2.43. The van der Waals surface area contributed by atoms with Gasteiger partial charge in [-0.1, -0.05) is 6.92 Å². The molecule has 14 heavy (non-hydrogen) atoms. The van der Waals surface area contributed by atoms with Crippen molar-refractivity contribution in [1.82, 2.24) is 9.80 Å². The van der Waals surface area contributed by atoms with Crippen LogP contribution in [-0.2, 0) is 9.59 Å². The van der Waals surface area contributed by atoms with Gasteiger partial charge in [-0.2, -0.15) is 0 Å². The number of carboxylic acid groups (broad SMARTS) is 1. The molecule has 82 valence electrons. The average Bonchev–Trinajstić information content (AvgIpc) is 2.04. The highest BCUT2D eigenvalue weighted by Crippen LogP contribution is 2.01. The molecule has 1 atom stereocenters. The first kappa shape index (κ1) is 12.9. The van der Waals surface area contributed by atoms with Gasteiger partial charge in [0.05, 0.1) is 6.54 Å². The van der Waals surface area contributed by atoms with Gasteiger partial charge in [0.25, 0.3) is 0 Å². The van der Waals surface area contributed by atoms with Crippen molar-refractivity contribution in [3.8, 4) is 0 Å². The number of carboxylic acids is 1. The van der Waals surface area contributed by atoms with Gasteiger partial charge in [-0.05, 0) is 13.5 Å². The normalized spacial score (nSPS) is 12.6. The number of rotatable bonds is 5. The van der Waals surface area contributed by atoms with Crippen molar-refractivity contribution in [3.05, 3.63) is 0 Å². The zero-order valence-corrected chi connectivity index (χ0v) is 9.15. The summed E-state index contributed by atoms with van der Waals surface area (Å²) in [6.07, 6.45) is 0.493. The van der Waals surface area contributed by atoms with E-state index in [1.165, 1.54) is 4.90 Å². The van der Waals surface area contributed by atoms with Crippen molar-refractivity contribution < 1.29 is 14.7 Å². The van der Waals surface area contributed by atoms with Gasteiger partial charge in [-0.3, -0.25) is 14.5 Å². The minimum atomic E-state index is -0.887. The lowest BCUT2D eigenvalue weighted by molar-refractivity contribution is -0.144. The summed E-state index contributed by atoms with van der Waals surface area (Å²) in [6.45, 7) is 1.92. The fourth-order valence-electron chi connectivity index (χ4n) is 1.14. The Labute approximate surface area is 84.3 Å². The highest BCUT2D eigenvalue weighted by Gasteiger charge is 2.22. The molecule has 1 N–H and O–H groups in total. The van der Waals surface area contributed by atoms with E-state index in [4.69, 9.17) is 5.11 Å². The molecule has 5 heteroatoms. The third kappa shape index (κ3) is 3.74. The number of carbonyl (C=O) groups excluding carboxylic acids is 1. The average molecular weight is 202 g/mol. The van der Waals surface area contributed by atoms with Crippen molar-refractivity contribution >= 4 is 11.9 Å². The fraction of sp³-hybridized carbons (Fsp3) is 0.778. The Balaban J connectivity index is 4.24. The minimum absolute atomic E-state index is 0.0906. The molecule has 0 bridgehead atoms. The van der Waals surface area contributed by atoms with E-state index in [9.17, 15) is 9.59 Å². The number of hydrogen-bond acceptors (Lipinski definition) is 3. The lowest BCUT2D eigenvalue weighted by atomic mass is 10.2. The highest BCUT2D eigenvalue weighted by atomic mass is 16.4. The monoisotopic (exact) mass is 202 g/mol. The third-order valence-corrected chi connectivity index (χ3v) is 2.09. The molecule has 0 heterocycles. The second kappa shape index (κ2) is 5.59. The van der Waals surface area contributed by atoms with Crippen molar-refractivity contribution in [3.63, 3.8) is 0 Å². The van der Waals surface area contributed by atoms with Crippen molar-refractivity contribution in [2.24, 2.45) is 0 Å². The zero-order chi connectivity index (χ0) is 11.3. The lowest BCUT2D eigenvalue weighted by Gasteiger charge is -2.24. The van der Waals surface area contributed by atoms with Gasteiger partial charge in [-0.15, -0.1) is 0 Å². The van der Waals surface area contributed by atoms with Crippen LogP contribution in [0.15, 0.2) is 0 Å². The molecule has 0 aromatic heterocycles. The number of carbonyl (C=O) groups is 2. The first-order valence-corrected chi connectivity index (χ1v) is 4.53. The summed E-state index contributed by atoms with van der Waals surface area (Å²) in [5.74, 6) is -0.978. The molecular weight excluding hydrogens is 184 g/mol. The van der Waals surface area contributed by atoms with E-state index in [2.05, 4.69) is 0 Å². The van der Waals surface area contributed by atoms with Gasteiger partial charge >= 0.3 is 5.97 Å². The van der Waals surface area contributed by atoms with Gasteiger partial charge in [0.15, 0.2) is 0 Å². The molecule has 0 aromatic carbocycles. The predicted molar refractivity (Wildman–Crippen MR) is 53.0 cm³/mol. The molecule has 0 aromatic rings. The maximum Gasteiger partial charge on any atom is 0.320 e. The van der Waals surface area contributed by atoms with E-state index >= 15 is 0 Å².